The predicted molar refractivity (Wildman–Crippen MR) is 63.7 cm³/mol. The van der Waals surface area contributed by atoms with E-state index < -0.39 is 0 Å². The Labute approximate surface area is 91.8 Å². The van der Waals surface area contributed by atoms with Crippen molar-refractivity contribution in [2.24, 2.45) is 0 Å². The maximum atomic E-state index is 9.83. The average molecular weight is 208 g/mol. The fourth-order valence-corrected chi connectivity index (χ4v) is 1.63. The van der Waals surface area contributed by atoms with E-state index in [2.05, 4.69) is 16.8 Å². The zero-order valence-electron chi connectivity index (χ0n) is 9.37. The van der Waals surface area contributed by atoms with Crippen LogP contribution in [0, 0.1) is 0 Å². The highest BCUT2D eigenvalue weighted by Gasteiger charge is 2.13. The van der Waals surface area contributed by atoms with Crippen LogP contribution in [0.4, 0.5) is 0 Å². The molecule has 0 atom stereocenters. The molecule has 3 nitrogen and oxygen atoms in total. The summed E-state index contributed by atoms with van der Waals surface area (Å²) in [6.45, 7) is 9.44. The summed E-state index contributed by atoms with van der Waals surface area (Å²) in [5.74, 6) is 0.454. The van der Waals surface area contributed by atoms with Crippen molar-refractivity contribution >= 4 is 0 Å². The van der Waals surface area contributed by atoms with E-state index in [0.717, 1.165) is 31.9 Å². The molecule has 0 radical (unpaired) electrons. The number of nitrogens with zero attached hydrogens (tertiary/aromatic N) is 1. The first-order valence-electron chi connectivity index (χ1n) is 5.46. The van der Waals surface area contributed by atoms with Gasteiger partial charge in [0.1, 0.15) is 5.76 Å². The number of aliphatic hydroxyl groups is 1. The van der Waals surface area contributed by atoms with E-state index in [9.17, 15) is 5.11 Å². The van der Waals surface area contributed by atoms with Crippen molar-refractivity contribution < 1.29 is 5.11 Å². The van der Waals surface area contributed by atoms with Gasteiger partial charge < -0.3 is 15.3 Å². The van der Waals surface area contributed by atoms with Crippen molar-refractivity contribution in [3.05, 3.63) is 36.3 Å². The number of piperazine rings is 1. The van der Waals surface area contributed by atoms with Crippen molar-refractivity contribution in [1.82, 2.24) is 10.2 Å². The van der Waals surface area contributed by atoms with Crippen molar-refractivity contribution in [2.75, 3.05) is 26.2 Å². The summed E-state index contributed by atoms with van der Waals surface area (Å²) in [4.78, 5) is 2.20. The van der Waals surface area contributed by atoms with Gasteiger partial charge in [-0.1, -0.05) is 25.7 Å². The molecule has 15 heavy (non-hydrogen) atoms. The first kappa shape index (κ1) is 11.9. The molecule has 1 heterocycles. The molecule has 1 saturated heterocycles. The van der Waals surface area contributed by atoms with E-state index in [-0.39, 0.29) is 0 Å². The quantitative estimate of drug-likeness (QED) is 0.546. The Morgan fingerprint density at radius 1 is 1.47 bits per heavy atom. The molecule has 0 aromatic heterocycles. The number of nitrogens with one attached hydrogen (secondary N) is 1. The van der Waals surface area contributed by atoms with Crippen LogP contribution in [0.1, 0.15) is 13.3 Å². The predicted octanol–water partition coefficient (Wildman–Crippen LogP) is 1.81. The van der Waals surface area contributed by atoms with Crippen LogP contribution in [0.2, 0.25) is 0 Å². The summed E-state index contributed by atoms with van der Waals surface area (Å²) < 4.78 is 0. The average Bonchev–Trinajstić information content (AvgIpc) is 2.30. The zero-order valence-corrected chi connectivity index (χ0v) is 9.37. The third kappa shape index (κ3) is 3.44. The minimum absolute atomic E-state index is 0.454. The topological polar surface area (TPSA) is 35.5 Å². The van der Waals surface area contributed by atoms with Gasteiger partial charge in [-0.05, 0) is 6.08 Å². The lowest BCUT2D eigenvalue weighted by atomic mass is 10.2. The van der Waals surface area contributed by atoms with E-state index in [1.165, 1.54) is 0 Å². The fraction of sp³-hybridized carbons (Fsp3) is 0.500. The van der Waals surface area contributed by atoms with Gasteiger partial charge in [-0.2, -0.15) is 0 Å². The lowest BCUT2D eigenvalue weighted by Crippen LogP contribution is -2.42. The van der Waals surface area contributed by atoms with Gasteiger partial charge in [0, 0.05) is 32.6 Å². The van der Waals surface area contributed by atoms with Crippen molar-refractivity contribution in [3.8, 4) is 0 Å². The van der Waals surface area contributed by atoms with E-state index in [4.69, 9.17) is 0 Å². The molecule has 1 aliphatic heterocycles. The SMILES string of the molecule is C=C/C=C\C(=C(\O)CC)N1CCNCC1. The Hall–Kier alpha value is -1.22. The number of rotatable bonds is 4. The maximum Gasteiger partial charge on any atom is 0.115 e. The van der Waals surface area contributed by atoms with E-state index >= 15 is 0 Å². The molecule has 0 aliphatic carbocycles. The Morgan fingerprint density at radius 3 is 2.67 bits per heavy atom. The molecular formula is C12H20N2O. The first-order valence-corrected chi connectivity index (χ1v) is 5.46. The second kappa shape index (κ2) is 6.30. The molecule has 1 aliphatic rings. The molecule has 0 aromatic rings. The Balaban J connectivity index is 2.79. The van der Waals surface area contributed by atoms with Crippen LogP contribution in [-0.2, 0) is 0 Å². The monoisotopic (exact) mass is 208 g/mol. The lowest BCUT2D eigenvalue weighted by molar-refractivity contribution is 0.279. The maximum absolute atomic E-state index is 9.83. The Morgan fingerprint density at radius 2 is 2.13 bits per heavy atom. The largest absolute Gasteiger partial charge is 0.510 e. The smallest absolute Gasteiger partial charge is 0.115 e. The Bertz CT molecular complexity index is 263. The Kier molecular flexibility index (Phi) is 4.98. The van der Waals surface area contributed by atoms with Crippen molar-refractivity contribution in [3.63, 3.8) is 0 Å². The van der Waals surface area contributed by atoms with Gasteiger partial charge in [0.05, 0.1) is 5.70 Å². The molecule has 0 bridgehead atoms. The molecule has 3 heteroatoms. The molecule has 0 saturated carbocycles. The van der Waals surface area contributed by atoms with Crippen LogP contribution in [0.5, 0.6) is 0 Å². The summed E-state index contributed by atoms with van der Waals surface area (Å²) in [7, 11) is 0. The number of allylic oxidation sites excluding steroid dienone is 4. The zero-order chi connectivity index (χ0) is 11.1. The molecule has 0 unspecified atom stereocenters. The lowest BCUT2D eigenvalue weighted by Gasteiger charge is -2.30. The number of hydrogen-bond donors (Lipinski definition) is 2. The summed E-state index contributed by atoms with van der Waals surface area (Å²) in [6, 6.07) is 0. The van der Waals surface area contributed by atoms with Crippen molar-refractivity contribution in [1.29, 1.82) is 0 Å². The highest BCUT2D eigenvalue weighted by Crippen LogP contribution is 2.13. The summed E-state index contributed by atoms with van der Waals surface area (Å²) >= 11 is 0. The van der Waals surface area contributed by atoms with E-state index in [1.54, 1.807) is 6.08 Å². The molecular weight excluding hydrogens is 188 g/mol. The number of hydrogen-bond acceptors (Lipinski definition) is 3. The van der Waals surface area contributed by atoms with Crippen molar-refractivity contribution in [2.45, 2.75) is 13.3 Å². The van der Waals surface area contributed by atoms with Crippen LogP contribution >= 0.6 is 0 Å². The van der Waals surface area contributed by atoms with Gasteiger partial charge in [0.25, 0.3) is 0 Å². The summed E-state index contributed by atoms with van der Waals surface area (Å²) in [5, 5.41) is 13.1. The van der Waals surface area contributed by atoms with Gasteiger partial charge in [0.2, 0.25) is 0 Å². The minimum atomic E-state index is 0.454. The normalized spacial score (nSPS) is 19.1. The molecule has 1 rings (SSSR count). The molecule has 84 valence electrons. The second-order valence-corrected chi connectivity index (χ2v) is 3.52. The van der Waals surface area contributed by atoms with E-state index in [0.29, 0.717) is 12.2 Å². The third-order valence-corrected chi connectivity index (χ3v) is 2.48. The van der Waals surface area contributed by atoms with Crippen LogP contribution in [0.15, 0.2) is 36.3 Å². The first-order chi connectivity index (χ1) is 7.29. The standard InChI is InChI=1S/C12H20N2O/c1-3-5-6-11(12(15)4-2)14-9-7-13-8-10-14/h3,5-6,13,15H,1,4,7-10H2,2H3/b6-5-,12-11-. The molecule has 0 spiro atoms. The van der Waals surface area contributed by atoms with Gasteiger partial charge in [0.15, 0.2) is 0 Å². The molecule has 0 aromatic carbocycles. The third-order valence-electron chi connectivity index (χ3n) is 2.48. The molecule has 2 N–H and O–H groups in total. The highest BCUT2D eigenvalue weighted by atomic mass is 16.3. The van der Waals surface area contributed by atoms with Gasteiger partial charge in [-0.15, -0.1) is 0 Å². The highest BCUT2D eigenvalue weighted by molar-refractivity contribution is 5.23. The van der Waals surface area contributed by atoms with Gasteiger partial charge in [-0.3, -0.25) is 0 Å². The minimum Gasteiger partial charge on any atom is -0.510 e. The molecule has 1 fully saturated rings. The summed E-state index contributed by atoms with van der Waals surface area (Å²) in [6.07, 6.45) is 6.19. The van der Waals surface area contributed by atoms with Crippen LogP contribution in [0.3, 0.4) is 0 Å². The van der Waals surface area contributed by atoms with Gasteiger partial charge >= 0.3 is 0 Å². The number of aliphatic hydroxyl groups excluding tert-OH is 1. The molecule has 0 amide bonds. The van der Waals surface area contributed by atoms with E-state index in [1.807, 2.05) is 19.1 Å². The van der Waals surface area contributed by atoms with Gasteiger partial charge in [-0.25, -0.2) is 0 Å². The van der Waals surface area contributed by atoms with Crippen LogP contribution < -0.4 is 5.32 Å². The fourth-order valence-electron chi connectivity index (χ4n) is 1.63. The second-order valence-electron chi connectivity index (χ2n) is 3.52. The van der Waals surface area contributed by atoms with Crippen LogP contribution in [-0.4, -0.2) is 36.2 Å². The summed E-state index contributed by atoms with van der Waals surface area (Å²) in [5.41, 5.74) is 0.930. The van der Waals surface area contributed by atoms with Crippen LogP contribution in [0.25, 0.3) is 0 Å².